The Morgan fingerprint density at radius 2 is 1.95 bits per heavy atom. The first-order chi connectivity index (χ1) is 10.4. The van der Waals surface area contributed by atoms with Crippen molar-refractivity contribution in [1.29, 1.82) is 0 Å². The number of benzene rings is 2. The van der Waals surface area contributed by atoms with E-state index >= 15 is 0 Å². The van der Waals surface area contributed by atoms with Gasteiger partial charge >= 0.3 is 7.12 Å². The Balaban J connectivity index is 2.14. The van der Waals surface area contributed by atoms with E-state index in [1.807, 2.05) is 0 Å². The first kappa shape index (κ1) is 16.6. The van der Waals surface area contributed by atoms with Gasteiger partial charge in [-0.3, -0.25) is 0 Å². The summed E-state index contributed by atoms with van der Waals surface area (Å²) in [5, 5.41) is 20.7. The molecule has 0 radical (unpaired) electrons. The van der Waals surface area contributed by atoms with Gasteiger partial charge < -0.3 is 20.1 Å². The Morgan fingerprint density at radius 1 is 1.23 bits per heavy atom. The van der Waals surface area contributed by atoms with Gasteiger partial charge in [-0.2, -0.15) is 0 Å². The van der Waals surface area contributed by atoms with E-state index < -0.39 is 18.8 Å². The van der Waals surface area contributed by atoms with Crippen LogP contribution in [-0.2, 0) is 0 Å². The number of nitrogens with one attached hydrogen (secondary N) is 1. The predicted octanol–water partition coefficient (Wildman–Crippen LogP) is 2.07. The molecular weight excluding hydrogens is 334 g/mol. The van der Waals surface area contributed by atoms with Crippen molar-refractivity contribution in [2.75, 3.05) is 5.32 Å². The lowest BCUT2D eigenvalue weighted by atomic mass is 9.80. The van der Waals surface area contributed by atoms with Gasteiger partial charge in [0.2, 0.25) is 0 Å². The Bertz CT molecular complexity index is 718. The van der Waals surface area contributed by atoms with E-state index in [4.69, 9.17) is 38.6 Å². The topological polar surface area (TPSA) is 61.7 Å². The number of thiocarbonyl (C=S) groups is 1. The Labute approximate surface area is 135 Å². The van der Waals surface area contributed by atoms with Crippen molar-refractivity contribution in [3.8, 4) is 5.75 Å². The highest BCUT2D eigenvalue weighted by atomic mass is 35.5. The second kappa shape index (κ2) is 7.02. The number of ether oxygens (including phenoxy) is 1. The summed E-state index contributed by atoms with van der Waals surface area (Å²) in [6.07, 6.45) is 0. The second-order valence-electron chi connectivity index (χ2n) is 4.17. The molecule has 22 heavy (non-hydrogen) atoms. The van der Waals surface area contributed by atoms with Crippen LogP contribution >= 0.6 is 23.8 Å². The summed E-state index contributed by atoms with van der Waals surface area (Å²) in [5.74, 6) is -1.90. The first-order valence-corrected chi connectivity index (χ1v) is 6.75. The van der Waals surface area contributed by atoms with Crippen molar-refractivity contribution in [1.82, 2.24) is 0 Å². The summed E-state index contributed by atoms with van der Waals surface area (Å²) >= 11 is 10.9. The molecule has 0 saturated heterocycles. The number of anilines is 1. The lowest BCUT2D eigenvalue weighted by molar-refractivity contribution is 0.426. The smallest absolute Gasteiger partial charge is 0.429 e. The molecule has 0 heterocycles. The molecule has 4 nitrogen and oxygen atoms in total. The van der Waals surface area contributed by atoms with Gasteiger partial charge in [-0.1, -0.05) is 23.7 Å². The summed E-state index contributed by atoms with van der Waals surface area (Å²) in [6, 6.07) is 7.23. The van der Waals surface area contributed by atoms with Gasteiger partial charge in [-0.05, 0) is 30.4 Å². The molecule has 0 atom stereocenters. The van der Waals surface area contributed by atoms with Crippen LogP contribution in [0.3, 0.4) is 0 Å². The molecule has 0 unspecified atom stereocenters. The molecule has 9 heteroatoms. The summed E-state index contributed by atoms with van der Waals surface area (Å²) < 4.78 is 31.3. The fourth-order valence-corrected chi connectivity index (χ4v) is 2.11. The lowest BCUT2D eigenvalue weighted by Gasteiger charge is -2.13. The molecule has 0 aliphatic heterocycles. The molecule has 0 spiro atoms. The van der Waals surface area contributed by atoms with Crippen LogP contribution < -0.4 is 15.5 Å². The van der Waals surface area contributed by atoms with E-state index in [1.165, 1.54) is 18.2 Å². The van der Waals surface area contributed by atoms with E-state index in [-0.39, 0.29) is 27.1 Å². The van der Waals surface area contributed by atoms with Crippen molar-refractivity contribution in [3.05, 3.63) is 53.1 Å². The van der Waals surface area contributed by atoms with Crippen molar-refractivity contribution >= 4 is 47.3 Å². The molecule has 3 N–H and O–H groups in total. The van der Waals surface area contributed by atoms with Crippen LogP contribution in [0.5, 0.6) is 5.75 Å². The summed E-state index contributed by atoms with van der Waals surface area (Å²) in [6.45, 7) is 0. The molecular formula is C13H9BClF2NO3S. The quantitative estimate of drug-likeness (QED) is 0.588. The Hall–Kier alpha value is -1.74. The lowest BCUT2D eigenvalue weighted by Crippen LogP contribution is -2.31. The Kier molecular flexibility index (Phi) is 5.30. The summed E-state index contributed by atoms with van der Waals surface area (Å²) in [5.41, 5.74) is 0.321. The molecule has 2 aromatic rings. The van der Waals surface area contributed by atoms with Crippen molar-refractivity contribution in [2.45, 2.75) is 0 Å². The second-order valence-corrected chi connectivity index (χ2v) is 4.92. The molecule has 0 amide bonds. The van der Waals surface area contributed by atoms with Crippen molar-refractivity contribution in [2.24, 2.45) is 0 Å². The van der Waals surface area contributed by atoms with Crippen LogP contribution in [0.25, 0.3) is 0 Å². The maximum absolute atomic E-state index is 13.5. The maximum Gasteiger partial charge on any atom is 0.490 e. The van der Waals surface area contributed by atoms with Gasteiger partial charge in [-0.25, -0.2) is 8.78 Å². The molecule has 0 aliphatic rings. The van der Waals surface area contributed by atoms with Crippen LogP contribution in [0.2, 0.25) is 5.02 Å². The van der Waals surface area contributed by atoms with E-state index in [9.17, 15) is 8.78 Å². The zero-order valence-electron chi connectivity index (χ0n) is 10.9. The molecule has 0 saturated carbocycles. The third-order valence-corrected chi connectivity index (χ3v) is 3.25. The third-order valence-electron chi connectivity index (χ3n) is 2.64. The van der Waals surface area contributed by atoms with Gasteiger partial charge in [0.15, 0.2) is 11.6 Å². The van der Waals surface area contributed by atoms with Crippen LogP contribution in [0.4, 0.5) is 14.5 Å². The standard InChI is InChI=1S/C13H9BClF2NO3S/c15-12-8(14(19)20)2-1-3-10(12)18-13(22)21-11-5-4-7(16)6-9(11)17/h1-6,19-20H,(H,18,22). The zero-order valence-corrected chi connectivity index (χ0v) is 12.5. The zero-order chi connectivity index (χ0) is 16.3. The van der Waals surface area contributed by atoms with Gasteiger partial charge in [-0.15, -0.1) is 0 Å². The molecule has 2 rings (SSSR count). The first-order valence-electron chi connectivity index (χ1n) is 5.97. The minimum atomic E-state index is -1.75. The number of halogens is 3. The van der Waals surface area contributed by atoms with Crippen LogP contribution in [-0.4, -0.2) is 22.3 Å². The van der Waals surface area contributed by atoms with E-state index in [2.05, 4.69) is 5.32 Å². The maximum atomic E-state index is 13.5. The Morgan fingerprint density at radius 3 is 2.59 bits per heavy atom. The highest BCUT2D eigenvalue weighted by Gasteiger charge is 2.18. The highest BCUT2D eigenvalue weighted by Crippen LogP contribution is 2.22. The molecule has 0 fully saturated rings. The van der Waals surface area contributed by atoms with Gasteiger partial charge in [0.05, 0.1) is 10.7 Å². The SMILES string of the molecule is OB(O)c1cccc(NC(=S)Oc2ccc(F)cc2F)c1Cl. The molecule has 0 bridgehead atoms. The van der Waals surface area contributed by atoms with Crippen molar-refractivity contribution < 1.29 is 23.6 Å². The molecule has 0 aliphatic carbocycles. The van der Waals surface area contributed by atoms with Crippen LogP contribution in [0, 0.1) is 11.6 Å². The average molecular weight is 344 g/mol. The van der Waals surface area contributed by atoms with Gasteiger partial charge in [0, 0.05) is 11.5 Å². The monoisotopic (exact) mass is 343 g/mol. The fraction of sp³-hybridized carbons (Fsp3) is 0. The van der Waals surface area contributed by atoms with Gasteiger partial charge in [0.25, 0.3) is 5.17 Å². The van der Waals surface area contributed by atoms with Crippen LogP contribution in [0.1, 0.15) is 0 Å². The van der Waals surface area contributed by atoms with E-state index in [1.54, 1.807) is 0 Å². The van der Waals surface area contributed by atoms with E-state index in [0.29, 0.717) is 6.07 Å². The minimum absolute atomic E-state index is 0.0306. The molecule has 114 valence electrons. The predicted molar refractivity (Wildman–Crippen MR) is 84.5 cm³/mol. The summed E-state index contributed by atoms with van der Waals surface area (Å²) in [7, 11) is -1.75. The normalized spacial score (nSPS) is 10.2. The van der Waals surface area contributed by atoms with Crippen LogP contribution in [0.15, 0.2) is 36.4 Å². The summed E-state index contributed by atoms with van der Waals surface area (Å²) in [4.78, 5) is 0. The minimum Gasteiger partial charge on any atom is -0.429 e. The largest absolute Gasteiger partial charge is 0.490 e. The molecule has 0 aromatic heterocycles. The number of hydrogen-bond donors (Lipinski definition) is 3. The number of rotatable bonds is 3. The van der Waals surface area contributed by atoms with Gasteiger partial charge in [0.1, 0.15) is 5.82 Å². The fourth-order valence-electron chi connectivity index (χ4n) is 1.64. The average Bonchev–Trinajstić information content (AvgIpc) is 2.44. The molecule has 2 aromatic carbocycles. The number of hydrogen-bond acceptors (Lipinski definition) is 4. The highest BCUT2D eigenvalue weighted by molar-refractivity contribution is 7.80. The van der Waals surface area contributed by atoms with E-state index in [0.717, 1.165) is 12.1 Å². The van der Waals surface area contributed by atoms with Crippen molar-refractivity contribution in [3.63, 3.8) is 0 Å². The third kappa shape index (κ3) is 3.92.